The summed E-state index contributed by atoms with van der Waals surface area (Å²) < 4.78 is 45.5. The number of anilines is 1. The number of hydrogen-bond donors (Lipinski definition) is 1. The van der Waals surface area contributed by atoms with E-state index in [4.69, 9.17) is 4.74 Å². The number of allylic oxidation sites excluding steroid dienone is 1. The number of nitriles is 1. The summed E-state index contributed by atoms with van der Waals surface area (Å²) in [5.41, 5.74) is 0.346. The van der Waals surface area contributed by atoms with E-state index in [0.717, 1.165) is 17.0 Å². The van der Waals surface area contributed by atoms with Gasteiger partial charge in [0, 0.05) is 36.9 Å². The van der Waals surface area contributed by atoms with E-state index in [1.54, 1.807) is 6.07 Å². The number of benzene rings is 2. The Kier molecular flexibility index (Phi) is 6.44. The molecule has 0 saturated carbocycles. The standard InChI is InChI=1S/C27H23F3N4O4/c1-33-24(19-6-5-15(13-31)11-20(19)25(36)32-17-9-10-38-14-17)23-21(7-8-22(23)35)34(26(33)37)18-4-2-3-16(12-18)27(28,29)30/h2-6,11-12,17,24H,7-10,14H2,1H3,(H,32,36). The highest BCUT2D eigenvalue weighted by Gasteiger charge is 2.46. The maximum atomic E-state index is 13.7. The Morgan fingerprint density at radius 3 is 2.63 bits per heavy atom. The fourth-order valence-electron chi connectivity index (χ4n) is 5.21. The minimum Gasteiger partial charge on any atom is -0.379 e. The number of Topliss-reactive ketones (excluding diaryl/α,β-unsaturated/α-hetero) is 1. The summed E-state index contributed by atoms with van der Waals surface area (Å²) in [6, 6.07) is 9.05. The lowest BCUT2D eigenvalue weighted by atomic mass is 9.88. The minimum absolute atomic E-state index is 0.00338. The van der Waals surface area contributed by atoms with Gasteiger partial charge in [-0.15, -0.1) is 0 Å². The van der Waals surface area contributed by atoms with Crippen LogP contribution >= 0.6 is 0 Å². The maximum Gasteiger partial charge on any atom is 0.416 e. The molecule has 196 valence electrons. The van der Waals surface area contributed by atoms with Gasteiger partial charge in [-0.2, -0.15) is 18.4 Å². The van der Waals surface area contributed by atoms with Crippen LogP contribution in [0.25, 0.3) is 0 Å². The molecule has 5 rings (SSSR count). The molecule has 0 radical (unpaired) electrons. The van der Waals surface area contributed by atoms with E-state index < -0.39 is 29.7 Å². The van der Waals surface area contributed by atoms with Gasteiger partial charge in [0.2, 0.25) is 0 Å². The van der Waals surface area contributed by atoms with E-state index >= 15 is 0 Å². The van der Waals surface area contributed by atoms with Crippen LogP contribution in [0.3, 0.4) is 0 Å². The molecule has 3 aliphatic rings. The molecule has 2 aliphatic heterocycles. The quantitative estimate of drug-likeness (QED) is 0.642. The lowest BCUT2D eigenvalue weighted by molar-refractivity contribution is -0.137. The molecule has 0 bridgehead atoms. The first-order chi connectivity index (χ1) is 18.1. The maximum absolute atomic E-state index is 13.7. The van der Waals surface area contributed by atoms with Gasteiger partial charge < -0.3 is 15.0 Å². The van der Waals surface area contributed by atoms with Crippen molar-refractivity contribution in [2.45, 2.75) is 37.5 Å². The molecule has 2 heterocycles. The second kappa shape index (κ2) is 9.61. The van der Waals surface area contributed by atoms with Crippen molar-refractivity contribution in [1.29, 1.82) is 5.26 Å². The fraction of sp³-hybridized carbons (Fsp3) is 0.333. The smallest absolute Gasteiger partial charge is 0.379 e. The van der Waals surface area contributed by atoms with Crippen molar-refractivity contribution in [3.05, 3.63) is 76.0 Å². The van der Waals surface area contributed by atoms with Crippen molar-refractivity contribution in [3.8, 4) is 6.07 Å². The van der Waals surface area contributed by atoms with Crippen LogP contribution in [0.15, 0.2) is 53.7 Å². The van der Waals surface area contributed by atoms with Gasteiger partial charge >= 0.3 is 12.2 Å². The molecule has 1 N–H and O–H groups in total. The van der Waals surface area contributed by atoms with Crippen LogP contribution in [0.4, 0.5) is 23.7 Å². The van der Waals surface area contributed by atoms with Gasteiger partial charge in [-0.25, -0.2) is 4.79 Å². The summed E-state index contributed by atoms with van der Waals surface area (Å²) in [7, 11) is 1.44. The van der Waals surface area contributed by atoms with Gasteiger partial charge in [-0.3, -0.25) is 14.5 Å². The van der Waals surface area contributed by atoms with E-state index in [1.807, 2.05) is 6.07 Å². The summed E-state index contributed by atoms with van der Waals surface area (Å²) in [5.74, 6) is -0.734. The minimum atomic E-state index is -4.61. The molecule has 3 amide bonds. The third kappa shape index (κ3) is 4.41. The van der Waals surface area contributed by atoms with Crippen LogP contribution in [0.2, 0.25) is 0 Å². The third-order valence-corrected chi connectivity index (χ3v) is 7.04. The number of hydrogen-bond acceptors (Lipinski definition) is 5. The van der Waals surface area contributed by atoms with Crippen molar-refractivity contribution in [3.63, 3.8) is 0 Å². The Balaban J connectivity index is 1.62. The first kappa shape index (κ1) is 25.5. The average molecular weight is 524 g/mol. The summed E-state index contributed by atoms with van der Waals surface area (Å²) in [5, 5.41) is 12.3. The van der Waals surface area contributed by atoms with Gasteiger partial charge in [0.25, 0.3) is 5.91 Å². The highest BCUT2D eigenvalue weighted by Crippen LogP contribution is 2.45. The van der Waals surface area contributed by atoms with Crippen LogP contribution in [-0.4, -0.2) is 48.9 Å². The molecule has 2 aromatic carbocycles. The molecule has 0 aromatic heterocycles. The number of alkyl halides is 3. The Bertz CT molecular complexity index is 1410. The number of urea groups is 1. The zero-order chi connectivity index (χ0) is 27.2. The van der Waals surface area contributed by atoms with Crippen molar-refractivity contribution in [2.24, 2.45) is 0 Å². The molecule has 11 heteroatoms. The van der Waals surface area contributed by atoms with Gasteiger partial charge in [-0.05, 0) is 48.7 Å². The molecule has 38 heavy (non-hydrogen) atoms. The average Bonchev–Trinajstić information content (AvgIpc) is 3.54. The Morgan fingerprint density at radius 2 is 1.95 bits per heavy atom. The normalized spacial score (nSPS) is 21.6. The molecule has 8 nitrogen and oxygen atoms in total. The van der Waals surface area contributed by atoms with Gasteiger partial charge in [0.15, 0.2) is 5.78 Å². The van der Waals surface area contributed by atoms with Crippen LogP contribution in [0, 0.1) is 11.3 Å². The highest BCUT2D eigenvalue weighted by atomic mass is 19.4. The molecule has 1 fully saturated rings. The summed E-state index contributed by atoms with van der Waals surface area (Å²) in [4.78, 5) is 42.5. The number of nitrogens with zero attached hydrogens (tertiary/aromatic N) is 3. The van der Waals surface area contributed by atoms with Crippen molar-refractivity contribution >= 4 is 23.4 Å². The van der Waals surface area contributed by atoms with Crippen LogP contribution in [0.1, 0.15) is 52.4 Å². The van der Waals surface area contributed by atoms with Crippen LogP contribution in [0.5, 0.6) is 0 Å². The number of ether oxygens (including phenoxy) is 1. The number of nitrogens with one attached hydrogen (secondary N) is 1. The molecule has 1 saturated heterocycles. The summed E-state index contributed by atoms with van der Waals surface area (Å²) in [6.07, 6.45) is -3.74. The lowest BCUT2D eigenvalue weighted by Crippen LogP contribution is -2.48. The number of carbonyl (C=O) groups excluding carboxylic acids is 3. The fourth-order valence-corrected chi connectivity index (χ4v) is 5.21. The predicted octanol–water partition coefficient (Wildman–Crippen LogP) is 4.33. The van der Waals surface area contributed by atoms with Crippen molar-refractivity contribution in [1.82, 2.24) is 10.2 Å². The zero-order valence-corrected chi connectivity index (χ0v) is 20.3. The predicted molar refractivity (Wildman–Crippen MR) is 129 cm³/mol. The van der Waals surface area contributed by atoms with Gasteiger partial charge in [0.05, 0.1) is 41.6 Å². The Labute approximate surface area is 216 Å². The second-order valence-electron chi connectivity index (χ2n) is 9.41. The molecule has 1 aliphatic carbocycles. The first-order valence-electron chi connectivity index (χ1n) is 12.0. The Morgan fingerprint density at radius 1 is 1.16 bits per heavy atom. The molecule has 2 atom stereocenters. The third-order valence-electron chi connectivity index (χ3n) is 7.04. The largest absolute Gasteiger partial charge is 0.416 e. The van der Waals surface area contributed by atoms with Crippen LogP contribution < -0.4 is 10.2 Å². The van der Waals surface area contributed by atoms with Crippen molar-refractivity contribution < 1.29 is 32.3 Å². The SMILES string of the molecule is CN1C(=O)N(c2cccc(C(F)(F)F)c2)C2=C(C(=O)CC2)C1c1ccc(C#N)cc1C(=O)NC1CCOC1. The van der Waals surface area contributed by atoms with E-state index in [9.17, 15) is 32.8 Å². The number of amides is 3. The number of carbonyl (C=O) groups is 3. The number of ketones is 1. The second-order valence-corrected chi connectivity index (χ2v) is 9.41. The molecule has 2 unspecified atom stereocenters. The summed E-state index contributed by atoms with van der Waals surface area (Å²) >= 11 is 0. The van der Waals surface area contributed by atoms with E-state index in [0.29, 0.717) is 30.9 Å². The molecular formula is C27H23F3N4O4. The van der Waals surface area contributed by atoms with Gasteiger partial charge in [0.1, 0.15) is 0 Å². The lowest BCUT2D eigenvalue weighted by Gasteiger charge is -2.41. The monoisotopic (exact) mass is 524 g/mol. The van der Waals surface area contributed by atoms with Gasteiger partial charge in [-0.1, -0.05) is 12.1 Å². The molecular weight excluding hydrogens is 501 g/mol. The van der Waals surface area contributed by atoms with E-state index in [-0.39, 0.29) is 47.1 Å². The number of halogens is 3. The highest BCUT2D eigenvalue weighted by molar-refractivity contribution is 6.09. The number of likely N-dealkylation sites (N-methyl/N-ethyl adjacent to an activating group) is 1. The van der Waals surface area contributed by atoms with Crippen molar-refractivity contribution in [2.75, 3.05) is 25.2 Å². The summed E-state index contributed by atoms with van der Waals surface area (Å²) in [6.45, 7) is 0.854. The topological polar surface area (TPSA) is 103 Å². The first-order valence-corrected chi connectivity index (χ1v) is 12.0. The van der Waals surface area contributed by atoms with E-state index in [1.165, 1.54) is 36.2 Å². The molecule has 2 aromatic rings. The molecule has 0 spiro atoms. The van der Waals surface area contributed by atoms with Crippen LogP contribution in [-0.2, 0) is 15.7 Å². The number of rotatable bonds is 4. The zero-order valence-electron chi connectivity index (χ0n) is 20.3. The Hall–Kier alpha value is -4.17. The van der Waals surface area contributed by atoms with E-state index in [2.05, 4.69) is 5.32 Å².